The maximum atomic E-state index is 10.5. The number of hydrogen-bond donors (Lipinski definition) is 2. The van der Waals surface area contributed by atoms with Crippen LogP contribution in [-0.2, 0) is 0 Å². The van der Waals surface area contributed by atoms with Crippen molar-refractivity contribution in [1.29, 1.82) is 0 Å². The first kappa shape index (κ1) is 24.5. The molecule has 0 unspecified atom stereocenters. The molecule has 182 valence electrons. The van der Waals surface area contributed by atoms with Gasteiger partial charge in [-0.05, 0) is 61.4 Å². The minimum atomic E-state index is 0.0391. The smallest absolute Gasteiger partial charge is 0.166 e. The molecule has 0 amide bonds. The van der Waals surface area contributed by atoms with Gasteiger partial charge in [0.25, 0.3) is 0 Å². The number of methoxy groups -OCH3 is 2. The summed E-state index contributed by atoms with van der Waals surface area (Å²) < 4.78 is 10.4. The number of para-hydroxylation sites is 2. The van der Waals surface area contributed by atoms with Gasteiger partial charge < -0.3 is 19.7 Å². The third-order valence-corrected chi connectivity index (χ3v) is 5.94. The lowest BCUT2D eigenvalue weighted by Gasteiger charge is -2.15. The number of phenolic OH excluding ortho intramolecular Hbond substituents is 2. The van der Waals surface area contributed by atoms with E-state index < -0.39 is 0 Å². The molecule has 0 aromatic heterocycles. The second-order valence-electron chi connectivity index (χ2n) is 8.25. The molecule has 0 spiro atoms. The Morgan fingerprint density at radius 2 is 0.972 bits per heavy atom. The van der Waals surface area contributed by atoms with Crippen molar-refractivity contribution >= 4 is 23.8 Å². The van der Waals surface area contributed by atoms with E-state index in [1.165, 1.54) is 14.2 Å². The summed E-state index contributed by atoms with van der Waals surface area (Å²) in [6.07, 6.45) is 3.26. The van der Waals surface area contributed by atoms with E-state index in [0.717, 1.165) is 33.6 Å². The highest BCUT2D eigenvalue weighted by Crippen LogP contribution is 2.41. The summed E-state index contributed by atoms with van der Waals surface area (Å²) >= 11 is 0. The quantitative estimate of drug-likeness (QED) is 0.282. The molecule has 0 aliphatic rings. The zero-order valence-electron chi connectivity index (χ0n) is 20.7. The van der Waals surface area contributed by atoms with Gasteiger partial charge >= 0.3 is 0 Å². The minimum Gasteiger partial charge on any atom is -0.504 e. The number of aliphatic imine (C=N–C) groups is 2. The van der Waals surface area contributed by atoms with Crippen molar-refractivity contribution in [3.05, 3.63) is 95.1 Å². The molecule has 0 aliphatic heterocycles. The summed E-state index contributed by atoms with van der Waals surface area (Å²) in [5, 5.41) is 20.9. The van der Waals surface area contributed by atoms with E-state index in [9.17, 15) is 10.2 Å². The van der Waals surface area contributed by atoms with Gasteiger partial charge in [0.2, 0.25) is 0 Å². The molecule has 0 aliphatic carbocycles. The summed E-state index contributed by atoms with van der Waals surface area (Å²) in [6, 6.07) is 22.4. The lowest BCUT2D eigenvalue weighted by molar-refractivity contribution is 0.373. The summed E-state index contributed by atoms with van der Waals surface area (Å²) in [7, 11) is 3.03. The van der Waals surface area contributed by atoms with Crippen LogP contribution in [0.1, 0.15) is 22.3 Å². The van der Waals surface area contributed by atoms with Crippen LogP contribution in [0.15, 0.2) is 82.8 Å². The normalized spacial score (nSPS) is 11.3. The Balaban J connectivity index is 1.81. The number of rotatable bonds is 7. The predicted octanol–water partition coefficient (Wildman–Crippen LogP) is 6.90. The van der Waals surface area contributed by atoms with E-state index in [-0.39, 0.29) is 11.5 Å². The first-order chi connectivity index (χ1) is 17.4. The molecule has 0 saturated carbocycles. The van der Waals surface area contributed by atoms with E-state index in [0.29, 0.717) is 22.6 Å². The number of ether oxygens (including phenoxy) is 2. The molecule has 6 nitrogen and oxygen atoms in total. The highest BCUT2D eigenvalue weighted by Gasteiger charge is 2.15. The topological polar surface area (TPSA) is 83.6 Å². The van der Waals surface area contributed by atoms with Gasteiger partial charge in [0, 0.05) is 34.7 Å². The van der Waals surface area contributed by atoms with Crippen LogP contribution in [-0.4, -0.2) is 36.9 Å². The monoisotopic (exact) mass is 480 g/mol. The Bertz CT molecular complexity index is 1350. The zero-order valence-corrected chi connectivity index (χ0v) is 20.7. The number of aryl methyl sites for hydroxylation is 2. The number of hydrogen-bond acceptors (Lipinski definition) is 6. The highest BCUT2D eigenvalue weighted by molar-refractivity contribution is 5.94. The molecule has 2 N–H and O–H groups in total. The Kier molecular flexibility index (Phi) is 7.35. The average Bonchev–Trinajstić information content (AvgIpc) is 2.88. The minimum absolute atomic E-state index is 0.0391. The summed E-state index contributed by atoms with van der Waals surface area (Å²) in [4.78, 5) is 9.48. The third kappa shape index (κ3) is 4.93. The zero-order chi connectivity index (χ0) is 25.7. The van der Waals surface area contributed by atoms with Gasteiger partial charge in [-0.15, -0.1) is 0 Å². The van der Waals surface area contributed by atoms with Crippen molar-refractivity contribution in [3.63, 3.8) is 0 Å². The van der Waals surface area contributed by atoms with Gasteiger partial charge in [0.1, 0.15) is 0 Å². The molecule has 0 saturated heterocycles. The van der Waals surface area contributed by atoms with Crippen molar-refractivity contribution in [2.45, 2.75) is 13.8 Å². The Hall–Kier alpha value is -4.58. The summed E-state index contributed by atoms with van der Waals surface area (Å²) in [6.45, 7) is 4.07. The van der Waals surface area contributed by atoms with Gasteiger partial charge in [-0.3, -0.25) is 9.98 Å². The second kappa shape index (κ2) is 10.8. The van der Waals surface area contributed by atoms with Gasteiger partial charge in [-0.25, -0.2) is 0 Å². The van der Waals surface area contributed by atoms with E-state index in [4.69, 9.17) is 19.5 Å². The number of nitrogens with zero attached hydrogens (tertiary/aromatic N) is 2. The standard InChI is InChI=1S/C30H28N2O4/c1-19-9-5-13-23(31-17-21-11-7-15-25(35-3)29(21)33)27(19)28-20(2)10-6-14-24(28)32-18-22-12-8-16-26(36-4)30(22)34/h5-18,33-34H,1-4H3. The van der Waals surface area contributed by atoms with Crippen LogP contribution >= 0.6 is 0 Å². The molecule has 0 atom stereocenters. The molecule has 0 heterocycles. The fraction of sp³-hybridized carbons (Fsp3) is 0.133. The van der Waals surface area contributed by atoms with Gasteiger partial charge in [0.05, 0.1) is 25.6 Å². The molecular formula is C30H28N2O4. The Morgan fingerprint density at radius 3 is 1.36 bits per heavy atom. The molecule has 6 heteroatoms. The van der Waals surface area contributed by atoms with Crippen molar-refractivity contribution in [2.75, 3.05) is 14.2 Å². The molecule has 4 aromatic rings. The van der Waals surface area contributed by atoms with Gasteiger partial charge in [0.15, 0.2) is 23.0 Å². The fourth-order valence-corrected chi connectivity index (χ4v) is 4.06. The number of benzene rings is 4. The molecule has 4 aromatic carbocycles. The molecule has 0 radical (unpaired) electrons. The number of phenols is 2. The lowest BCUT2D eigenvalue weighted by Crippen LogP contribution is -1.92. The molecule has 0 fully saturated rings. The summed E-state index contributed by atoms with van der Waals surface area (Å²) in [5.74, 6) is 0.855. The Morgan fingerprint density at radius 1 is 0.583 bits per heavy atom. The van der Waals surface area contributed by atoms with E-state index in [2.05, 4.69) is 0 Å². The average molecular weight is 481 g/mol. The summed E-state index contributed by atoms with van der Waals surface area (Å²) in [5.41, 5.74) is 6.55. The third-order valence-electron chi connectivity index (χ3n) is 5.94. The fourth-order valence-electron chi connectivity index (χ4n) is 4.06. The Labute approximate surface area is 210 Å². The van der Waals surface area contributed by atoms with E-state index >= 15 is 0 Å². The van der Waals surface area contributed by atoms with Crippen LogP contribution in [0.25, 0.3) is 11.1 Å². The highest BCUT2D eigenvalue weighted by atomic mass is 16.5. The largest absolute Gasteiger partial charge is 0.504 e. The molecule has 4 rings (SSSR count). The maximum Gasteiger partial charge on any atom is 0.166 e. The molecule has 36 heavy (non-hydrogen) atoms. The van der Waals surface area contributed by atoms with Crippen LogP contribution in [0.5, 0.6) is 23.0 Å². The van der Waals surface area contributed by atoms with Crippen LogP contribution in [0.2, 0.25) is 0 Å². The van der Waals surface area contributed by atoms with Gasteiger partial charge in [-0.1, -0.05) is 36.4 Å². The van der Waals surface area contributed by atoms with Crippen LogP contribution in [0.3, 0.4) is 0 Å². The first-order valence-electron chi connectivity index (χ1n) is 11.4. The first-order valence-corrected chi connectivity index (χ1v) is 11.4. The van der Waals surface area contributed by atoms with Crippen LogP contribution < -0.4 is 9.47 Å². The van der Waals surface area contributed by atoms with Crippen LogP contribution in [0, 0.1) is 13.8 Å². The predicted molar refractivity (Wildman–Crippen MR) is 145 cm³/mol. The molecular weight excluding hydrogens is 452 g/mol. The van der Waals surface area contributed by atoms with E-state index in [1.807, 2.05) is 50.2 Å². The van der Waals surface area contributed by atoms with E-state index in [1.54, 1.807) is 48.8 Å². The van der Waals surface area contributed by atoms with Crippen molar-refractivity contribution in [3.8, 4) is 34.1 Å². The number of aromatic hydroxyl groups is 2. The van der Waals surface area contributed by atoms with Crippen molar-refractivity contribution in [2.24, 2.45) is 9.98 Å². The van der Waals surface area contributed by atoms with Crippen molar-refractivity contribution < 1.29 is 19.7 Å². The maximum absolute atomic E-state index is 10.5. The SMILES string of the molecule is COc1cccc(C=Nc2cccc(C)c2-c2c(C)cccc2N=Cc2cccc(OC)c2O)c1O. The second-order valence-corrected chi connectivity index (χ2v) is 8.25. The van der Waals surface area contributed by atoms with Crippen molar-refractivity contribution in [1.82, 2.24) is 0 Å². The lowest BCUT2D eigenvalue weighted by atomic mass is 9.93. The van der Waals surface area contributed by atoms with Crippen LogP contribution in [0.4, 0.5) is 11.4 Å². The molecule has 0 bridgehead atoms. The van der Waals surface area contributed by atoms with Gasteiger partial charge in [-0.2, -0.15) is 0 Å².